The van der Waals surface area contributed by atoms with Crippen LogP contribution in [0.1, 0.15) is 24.6 Å². The van der Waals surface area contributed by atoms with Crippen LogP contribution in [-0.2, 0) is 0 Å². The van der Waals surface area contributed by atoms with E-state index in [1.54, 1.807) is 0 Å². The molecule has 1 N–H and O–H groups in total. The summed E-state index contributed by atoms with van der Waals surface area (Å²) in [6.07, 6.45) is 3.00. The molecule has 1 heterocycles. The summed E-state index contributed by atoms with van der Waals surface area (Å²) in [4.78, 5) is 8.19. The molecule has 1 fully saturated rings. The highest BCUT2D eigenvalue weighted by molar-refractivity contribution is 5.25. The fourth-order valence-corrected chi connectivity index (χ4v) is 1.45. The summed E-state index contributed by atoms with van der Waals surface area (Å²) in [5.41, 5.74) is 0.501. The smallest absolute Gasteiger partial charge is 0.241 e. The van der Waals surface area contributed by atoms with Crippen LogP contribution in [0.15, 0.2) is 6.20 Å². The van der Waals surface area contributed by atoms with Gasteiger partial charge < -0.3 is 14.6 Å². The molecule has 15 heavy (non-hydrogen) atoms. The summed E-state index contributed by atoms with van der Waals surface area (Å²) >= 11 is 0. The molecule has 1 aromatic rings. The van der Waals surface area contributed by atoms with Crippen molar-refractivity contribution in [2.24, 2.45) is 5.92 Å². The highest BCUT2D eigenvalue weighted by Gasteiger charge is 2.34. The average Bonchev–Trinajstić information content (AvgIpc) is 3.11. The zero-order valence-corrected chi connectivity index (χ0v) is 8.80. The summed E-state index contributed by atoms with van der Waals surface area (Å²) in [5, 5.41) is 9.91. The van der Waals surface area contributed by atoms with Gasteiger partial charge in [0.05, 0.1) is 20.4 Å². The highest BCUT2D eigenvalue weighted by Crippen LogP contribution is 2.42. The Kier molecular flexibility index (Phi) is 2.73. The zero-order valence-electron chi connectivity index (χ0n) is 8.80. The largest absolute Gasteiger partial charge is 0.480 e. The molecule has 0 bridgehead atoms. The first-order valence-corrected chi connectivity index (χ1v) is 4.89. The molecule has 0 radical (unpaired) electrons. The van der Waals surface area contributed by atoms with E-state index in [0.29, 0.717) is 23.4 Å². The number of hydrogen-bond acceptors (Lipinski definition) is 5. The van der Waals surface area contributed by atoms with E-state index >= 15 is 0 Å². The summed E-state index contributed by atoms with van der Waals surface area (Å²) < 4.78 is 10.0. The van der Waals surface area contributed by atoms with Gasteiger partial charge in [-0.25, -0.2) is 4.98 Å². The van der Waals surface area contributed by atoms with Gasteiger partial charge in [-0.3, -0.25) is 0 Å². The van der Waals surface area contributed by atoms with Crippen LogP contribution in [0.3, 0.4) is 0 Å². The van der Waals surface area contributed by atoms with E-state index in [9.17, 15) is 5.11 Å². The van der Waals surface area contributed by atoms with Gasteiger partial charge in [0.2, 0.25) is 11.8 Å². The van der Waals surface area contributed by atoms with Crippen molar-refractivity contribution in [1.82, 2.24) is 9.97 Å². The molecule has 1 atom stereocenters. The number of nitrogens with zero attached hydrogens (tertiary/aromatic N) is 2. The lowest BCUT2D eigenvalue weighted by atomic mass is 10.1. The van der Waals surface area contributed by atoms with E-state index in [1.807, 2.05) is 0 Å². The molecule has 1 aliphatic rings. The Morgan fingerprint density at radius 3 is 2.67 bits per heavy atom. The maximum absolute atomic E-state index is 9.91. The first-order chi connectivity index (χ1) is 7.26. The molecule has 0 aromatic carbocycles. The molecule has 0 aliphatic heterocycles. The Hall–Kier alpha value is -1.36. The topological polar surface area (TPSA) is 64.5 Å². The number of aliphatic hydroxyl groups excluding tert-OH is 1. The second-order valence-corrected chi connectivity index (χ2v) is 3.59. The summed E-state index contributed by atoms with van der Waals surface area (Å²) in [5.74, 6) is 1.04. The van der Waals surface area contributed by atoms with Crippen LogP contribution in [-0.4, -0.2) is 29.3 Å². The maximum atomic E-state index is 9.91. The van der Waals surface area contributed by atoms with Crippen LogP contribution in [0.4, 0.5) is 0 Å². The Labute approximate surface area is 88.1 Å². The molecule has 82 valence electrons. The van der Waals surface area contributed by atoms with E-state index in [-0.39, 0.29) is 0 Å². The number of rotatable bonds is 4. The molecular weight excluding hydrogens is 196 g/mol. The lowest BCUT2D eigenvalue weighted by Crippen LogP contribution is -2.07. The third-order valence-electron chi connectivity index (χ3n) is 2.50. The summed E-state index contributed by atoms with van der Waals surface area (Å²) in [6, 6.07) is 0. The lowest BCUT2D eigenvalue weighted by Gasteiger charge is -2.12. The predicted octanol–water partition coefficient (Wildman–Crippen LogP) is 0.937. The van der Waals surface area contributed by atoms with Crippen molar-refractivity contribution in [1.29, 1.82) is 0 Å². The quantitative estimate of drug-likeness (QED) is 0.801. The number of hydrogen-bond donors (Lipinski definition) is 1. The van der Waals surface area contributed by atoms with E-state index in [1.165, 1.54) is 20.4 Å². The molecule has 5 nitrogen and oxygen atoms in total. The van der Waals surface area contributed by atoms with Crippen LogP contribution in [0.5, 0.6) is 11.8 Å². The van der Waals surface area contributed by atoms with Gasteiger partial charge in [-0.15, -0.1) is 0 Å². The van der Waals surface area contributed by atoms with Gasteiger partial charge in [0.25, 0.3) is 0 Å². The Morgan fingerprint density at radius 2 is 2.13 bits per heavy atom. The van der Waals surface area contributed by atoms with Gasteiger partial charge in [-0.05, 0) is 18.8 Å². The third kappa shape index (κ3) is 2.02. The minimum absolute atomic E-state index is 0.307. The Balaban J connectivity index is 2.28. The molecule has 5 heteroatoms. The van der Waals surface area contributed by atoms with Gasteiger partial charge in [0.15, 0.2) is 0 Å². The fourth-order valence-electron chi connectivity index (χ4n) is 1.45. The van der Waals surface area contributed by atoms with Crippen molar-refractivity contribution in [2.45, 2.75) is 18.9 Å². The normalized spacial score (nSPS) is 17.3. The van der Waals surface area contributed by atoms with Crippen molar-refractivity contribution < 1.29 is 14.6 Å². The summed E-state index contributed by atoms with van der Waals surface area (Å²) in [7, 11) is 3.02. The summed E-state index contributed by atoms with van der Waals surface area (Å²) in [6.45, 7) is 0. The fraction of sp³-hybridized carbons (Fsp3) is 0.600. The average molecular weight is 210 g/mol. The van der Waals surface area contributed by atoms with Crippen LogP contribution < -0.4 is 9.47 Å². The molecule has 1 unspecified atom stereocenters. The van der Waals surface area contributed by atoms with E-state index < -0.39 is 6.10 Å². The molecule has 2 rings (SSSR count). The monoisotopic (exact) mass is 210 g/mol. The van der Waals surface area contributed by atoms with Crippen LogP contribution in [0, 0.1) is 5.92 Å². The first-order valence-electron chi connectivity index (χ1n) is 4.89. The SMILES string of the molecule is COc1cnc(C(O)C2CC2)c(OC)n1. The minimum Gasteiger partial charge on any atom is -0.480 e. The molecule has 1 aromatic heterocycles. The van der Waals surface area contributed by atoms with Crippen molar-refractivity contribution in [2.75, 3.05) is 14.2 Å². The molecule has 1 aliphatic carbocycles. The van der Waals surface area contributed by atoms with Crippen molar-refractivity contribution >= 4 is 0 Å². The molecule has 0 amide bonds. The second-order valence-electron chi connectivity index (χ2n) is 3.59. The van der Waals surface area contributed by atoms with E-state index in [2.05, 4.69) is 9.97 Å². The van der Waals surface area contributed by atoms with Gasteiger partial charge >= 0.3 is 0 Å². The first kappa shape index (κ1) is 10.2. The lowest BCUT2D eigenvalue weighted by molar-refractivity contribution is 0.143. The molecule has 1 saturated carbocycles. The highest BCUT2D eigenvalue weighted by atomic mass is 16.5. The van der Waals surface area contributed by atoms with E-state index in [0.717, 1.165) is 12.8 Å². The van der Waals surface area contributed by atoms with Gasteiger partial charge in [0.1, 0.15) is 11.8 Å². The number of methoxy groups -OCH3 is 2. The van der Waals surface area contributed by atoms with E-state index in [4.69, 9.17) is 9.47 Å². The van der Waals surface area contributed by atoms with Gasteiger partial charge in [-0.1, -0.05) is 0 Å². The zero-order chi connectivity index (χ0) is 10.8. The number of aliphatic hydroxyl groups is 1. The minimum atomic E-state index is -0.571. The van der Waals surface area contributed by atoms with Crippen LogP contribution in [0.25, 0.3) is 0 Å². The van der Waals surface area contributed by atoms with Crippen molar-refractivity contribution in [3.8, 4) is 11.8 Å². The third-order valence-corrected chi connectivity index (χ3v) is 2.50. The number of aromatic nitrogens is 2. The Morgan fingerprint density at radius 1 is 1.40 bits per heavy atom. The van der Waals surface area contributed by atoms with Crippen LogP contribution >= 0.6 is 0 Å². The van der Waals surface area contributed by atoms with Crippen molar-refractivity contribution in [3.63, 3.8) is 0 Å². The molecular formula is C10H14N2O3. The predicted molar refractivity (Wildman–Crippen MR) is 52.8 cm³/mol. The molecule has 0 spiro atoms. The second kappa shape index (κ2) is 4.02. The van der Waals surface area contributed by atoms with Crippen molar-refractivity contribution in [3.05, 3.63) is 11.9 Å². The number of ether oxygens (including phenoxy) is 2. The van der Waals surface area contributed by atoms with Gasteiger partial charge in [0, 0.05) is 0 Å². The maximum Gasteiger partial charge on any atom is 0.241 e. The Bertz CT molecular complexity index is 353. The van der Waals surface area contributed by atoms with Gasteiger partial charge in [-0.2, -0.15) is 4.98 Å². The standard InChI is InChI=1S/C10H14N2O3/c1-14-7-5-11-8(10(12-7)15-2)9(13)6-3-4-6/h5-6,9,13H,3-4H2,1-2H3. The van der Waals surface area contributed by atoms with Crippen LogP contribution in [0.2, 0.25) is 0 Å². The molecule has 0 saturated heterocycles.